The van der Waals surface area contributed by atoms with Crippen molar-refractivity contribution in [3.05, 3.63) is 68.6 Å². The largest absolute Gasteiger partial charge is 0.493 e. The highest BCUT2D eigenvalue weighted by atomic mass is 16.5. The molecular weight excluding hydrogens is 378 g/mol. The zero-order valence-corrected chi connectivity index (χ0v) is 18.4. The van der Waals surface area contributed by atoms with E-state index in [0.717, 1.165) is 40.1 Å². The lowest BCUT2D eigenvalue weighted by atomic mass is 9.97. The summed E-state index contributed by atoms with van der Waals surface area (Å²) in [7, 11) is 5.03. The van der Waals surface area contributed by atoms with Gasteiger partial charge in [-0.05, 0) is 56.0 Å². The van der Waals surface area contributed by atoms with Gasteiger partial charge in [-0.25, -0.2) is 9.79 Å². The fourth-order valence-corrected chi connectivity index (χ4v) is 4.29. The summed E-state index contributed by atoms with van der Waals surface area (Å²) < 4.78 is 14.4. The van der Waals surface area contributed by atoms with Crippen molar-refractivity contribution < 1.29 is 9.47 Å². The van der Waals surface area contributed by atoms with Gasteiger partial charge in [-0.1, -0.05) is 17.7 Å². The van der Waals surface area contributed by atoms with Crippen molar-refractivity contribution >= 4 is 5.69 Å². The van der Waals surface area contributed by atoms with E-state index in [-0.39, 0.29) is 5.69 Å². The Balaban J connectivity index is 2.00. The quantitative estimate of drug-likeness (QED) is 0.669. The number of rotatable bonds is 3. The van der Waals surface area contributed by atoms with E-state index in [0.29, 0.717) is 23.5 Å². The van der Waals surface area contributed by atoms with Gasteiger partial charge in [-0.3, -0.25) is 9.13 Å². The fraction of sp³-hybridized carbons (Fsp3) is 0.333. The molecule has 0 bridgehead atoms. The smallest absolute Gasteiger partial charge is 0.329 e. The van der Waals surface area contributed by atoms with Gasteiger partial charge in [0.25, 0.3) is 0 Å². The average molecular weight is 405 g/mol. The number of ether oxygens (including phenoxy) is 2. The second kappa shape index (κ2) is 7.52. The molecular formula is C24H27N3O3. The summed E-state index contributed by atoms with van der Waals surface area (Å²) in [5, 5.41) is 0. The third-order valence-corrected chi connectivity index (χ3v) is 5.77. The van der Waals surface area contributed by atoms with Gasteiger partial charge in [0, 0.05) is 25.2 Å². The summed E-state index contributed by atoms with van der Waals surface area (Å²) in [5.74, 6) is 1.35. The van der Waals surface area contributed by atoms with E-state index in [9.17, 15) is 4.79 Å². The SMILES string of the molecule is COc1cc2c(cc1OC)-c1c/c(=N\c3c(C)cc(C)cc3C)n(C)c(=O)n1CC2. The third-order valence-electron chi connectivity index (χ3n) is 5.77. The molecule has 30 heavy (non-hydrogen) atoms. The summed E-state index contributed by atoms with van der Waals surface area (Å²) in [4.78, 5) is 18.0. The molecule has 0 saturated heterocycles. The summed E-state index contributed by atoms with van der Waals surface area (Å²) >= 11 is 0. The standard InChI is InChI=1S/C24H27N3O3/c1-14-9-15(2)23(16(3)10-14)25-22-13-19-18-12-21(30-6)20(29-5)11-17(18)7-8-27(19)24(28)26(22)4/h9-13H,7-8H2,1-6H3/b25-22+. The van der Waals surface area contributed by atoms with Crippen LogP contribution in [0.4, 0.5) is 5.69 Å². The van der Waals surface area contributed by atoms with Crippen molar-refractivity contribution in [2.24, 2.45) is 12.0 Å². The fourth-order valence-electron chi connectivity index (χ4n) is 4.29. The topological polar surface area (TPSA) is 57.8 Å². The predicted octanol–water partition coefficient (Wildman–Crippen LogP) is 3.58. The van der Waals surface area contributed by atoms with Crippen molar-refractivity contribution in [1.29, 1.82) is 0 Å². The monoisotopic (exact) mass is 405 g/mol. The minimum Gasteiger partial charge on any atom is -0.493 e. The highest BCUT2D eigenvalue weighted by Crippen LogP contribution is 2.37. The number of hydrogen-bond acceptors (Lipinski definition) is 4. The van der Waals surface area contributed by atoms with Crippen molar-refractivity contribution in [3.63, 3.8) is 0 Å². The van der Waals surface area contributed by atoms with Crippen LogP contribution in [0.2, 0.25) is 0 Å². The molecule has 6 nitrogen and oxygen atoms in total. The highest BCUT2D eigenvalue weighted by Gasteiger charge is 2.21. The summed E-state index contributed by atoms with van der Waals surface area (Å²) in [6.45, 7) is 6.80. The Morgan fingerprint density at radius 3 is 2.20 bits per heavy atom. The predicted molar refractivity (Wildman–Crippen MR) is 118 cm³/mol. The van der Waals surface area contributed by atoms with E-state index < -0.39 is 0 Å². The molecule has 0 unspecified atom stereocenters. The average Bonchev–Trinajstić information content (AvgIpc) is 2.72. The second-order valence-corrected chi connectivity index (χ2v) is 7.85. The number of fused-ring (bicyclic) bond motifs is 3. The van der Waals surface area contributed by atoms with Crippen LogP contribution in [-0.2, 0) is 20.0 Å². The minimum absolute atomic E-state index is 0.0749. The van der Waals surface area contributed by atoms with Gasteiger partial charge in [0.1, 0.15) is 5.49 Å². The lowest BCUT2D eigenvalue weighted by Gasteiger charge is -2.24. The Bertz CT molecular complexity index is 1260. The highest BCUT2D eigenvalue weighted by molar-refractivity contribution is 5.70. The molecule has 0 aliphatic carbocycles. The Kier molecular flexibility index (Phi) is 5.02. The van der Waals surface area contributed by atoms with Crippen LogP contribution >= 0.6 is 0 Å². The molecule has 0 spiro atoms. The van der Waals surface area contributed by atoms with Gasteiger partial charge < -0.3 is 9.47 Å². The summed E-state index contributed by atoms with van der Waals surface area (Å²) in [6, 6.07) is 10.2. The van der Waals surface area contributed by atoms with Gasteiger partial charge in [-0.2, -0.15) is 0 Å². The molecule has 1 aromatic heterocycles. The third kappa shape index (κ3) is 3.22. The molecule has 0 N–H and O–H groups in total. The lowest BCUT2D eigenvalue weighted by Crippen LogP contribution is -2.40. The van der Waals surface area contributed by atoms with Gasteiger partial charge in [0.2, 0.25) is 0 Å². The van der Waals surface area contributed by atoms with E-state index in [1.807, 2.05) is 22.8 Å². The van der Waals surface area contributed by atoms with Crippen LogP contribution in [0.3, 0.4) is 0 Å². The molecule has 3 aromatic rings. The Labute approximate surface area is 176 Å². The molecule has 1 aliphatic heterocycles. The minimum atomic E-state index is -0.0749. The van der Waals surface area contributed by atoms with E-state index in [4.69, 9.17) is 14.5 Å². The number of aromatic nitrogens is 2. The van der Waals surface area contributed by atoms with Crippen molar-refractivity contribution in [3.8, 4) is 22.8 Å². The van der Waals surface area contributed by atoms with Gasteiger partial charge in [0.05, 0.1) is 25.6 Å². The molecule has 2 heterocycles. The van der Waals surface area contributed by atoms with Crippen molar-refractivity contribution in [1.82, 2.24) is 9.13 Å². The first-order valence-corrected chi connectivity index (χ1v) is 10.0. The molecule has 2 aromatic carbocycles. The zero-order valence-electron chi connectivity index (χ0n) is 18.4. The van der Waals surface area contributed by atoms with Crippen LogP contribution in [0.15, 0.2) is 40.1 Å². The normalized spacial score (nSPS) is 13.1. The maximum absolute atomic E-state index is 13.1. The van der Waals surface area contributed by atoms with Crippen LogP contribution in [0.1, 0.15) is 22.3 Å². The summed E-state index contributed by atoms with van der Waals surface area (Å²) in [5.41, 5.74) is 7.81. The summed E-state index contributed by atoms with van der Waals surface area (Å²) in [6.07, 6.45) is 0.759. The first kappa shape index (κ1) is 20.0. The van der Waals surface area contributed by atoms with Gasteiger partial charge in [0.15, 0.2) is 11.5 Å². The van der Waals surface area contributed by atoms with E-state index >= 15 is 0 Å². The number of aryl methyl sites for hydroxylation is 4. The molecule has 1 aliphatic rings. The molecule has 6 heteroatoms. The first-order chi connectivity index (χ1) is 14.3. The molecule has 0 fully saturated rings. The maximum atomic E-state index is 13.1. The lowest BCUT2D eigenvalue weighted by molar-refractivity contribution is 0.354. The molecule has 0 atom stereocenters. The Morgan fingerprint density at radius 1 is 0.933 bits per heavy atom. The van der Waals surface area contributed by atoms with Crippen molar-refractivity contribution in [2.75, 3.05) is 14.2 Å². The van der Waals surface area contributed by atoms with Gasteiger partial charge in [-0.15, -0.1) is 0 Å². The van der Waals surface area contributed by atoms with Crippen molar-refractivity contribution in [2.45, 2.75) is 33.7 Å². The van der Waals surface area contributed by atoms with Crippen LogP contribution in [0.25, 0.3) is 11.3 Å². The number of benzene rings is 2. The number of hydrogen-bond donors (Lipinski definition) is 0. The molecule has 0 saturated carbocycles. The van der Waals surface area contributed by atoms with E-state index in [1.54, 1.807) is 25.8 Å². The van der Waals surface area contributed by atoms with Crippen LogP contribution in [0, 0.1) is 20.8 Å². The second-order valence-electron chi connectivity index (χ2n) is 7.85. The van der Waals surface area contributed by atoms with E-state index in [1.165, 1.54) is 5.56 Å². The molecule has 0 radical (unpaired) electrons. The number of methoxy groups -OCH3 is 2. The Morgan fingerprint density at radius 2 is 1.57 bits per heavy atom. The van der Waals surface area contributed by atoms with Gasteiger partial charge >= 0.3 is 5.69 Å². The molecule has 156 valence electrons. The first-order valence-electron chi connectivity index (χ1n) is 10.0. The maximum Gasteiger partial charge on any atom is 0.329 e. The Hall–Kier alpha value is -3.28. The molecule has 4 rings (SSSR count). The van der Waals surface area contributed by atoms with Crippen LogP contribution < -0.4 is 20.7 Å². The zero-order chi connectivity index (χ0) is 21.6. The molecule has 0 amide bonds. The van der Waals surface area contributed by atoms with E-state index in [2.05, 4.69) is 32.9 Å². The van der Waals surface area contributed by atoms with Crippen LogP contribution in [0.5, 0.6) is 11.5 Å². The van der Waals surface area contributed by atoms with Crippen LogP contribution in [-0.4, -0.2) is 23.4 Å². The number of nitrogens with zero attached hydrogens (tertiary/aromatic N) is 3.